The summed E-state index contributed by atoms with van der Waals surface area (Å²) in [6.07, 6.45) is 1.63. The van der Waals surface area contributed by atoms with Gasteiger partial charge in [0.25, 0.3) is 0 Å². The summed E-state index contributed by atoms with van der Waals surface area (Å²) in [5.41, 5.74) is 0.614. The van der Waals surface area contributed by atoms with E-state index in [9.17, 15) is 4.79 Å². The molecule has 0 atom stereocenters. The van der Waals surface area contributed by atoms with Crippen molar-refractivity contribution in [1.29, 1.82) is 0 Å². The molecular weight excluding hydrogens is 270 g/mol. The minimum Gasteiger partial charge on any atom is -0.360 e. The number of rotatable bonds is 5. The second-order valence-electron chi connectivity index (χ2n) is 4.48. The van der Waals surface area contributed by atoms with Crippen LogP contribution in [0.3, 0.4) is 0 Å². The van der Waals surface area contributed by atoms with E-state index in [2.05, 4.69) is 39.5 Å². The number of hydrogen-bond donors (Lipinski definition) is 2. The predicted octanol–water partition coefficient (Wildman–Crippen LogP) is 2.87. The van der Waals surface area contributed by atoms with Crippen LogP contribution in [0.15, 0.2) is 28.9 Å². The summed E-state index contributed by atoms with van der Waals surface area (Å²) in [7, 11) is 0. The van der Waals surface area contributed by atoms with Gasteiger partial charge < -0.3 is 14.7 Å². The van der Waals surface area contributed by atoms with Crippen LogP contribution in [0, 0.1) is 6.92 Å². The standard InChI is InChI=1S/C14H19N5O2/c1-4-19(5-2)13-7-6-11(9-15-13)16-14(20)17-12-8-10(3)21-18-12/h6-9H,4-5H2,1-3H3,(H2,16,17,18,20). The molecular formula is C14H19N5O2. The van der Waals surface area contributed by atoms with E-state index in [-0.39, 0.29) is 6.03 Å². The van der Waals surface area contributed by atoms with Gasteiger partial charge in [-0.05, 0) is 32.9 Å². The number of anilines is 3. The van der Waals surface area contributed by atoms with Crippen molar-refractivity contribution in [2.75, 3.05) is 28.6 Å². The molecule has 0 saturated carbocycles. The summed E-state index contributed by atoms with van der Waals surface area (Å²) in [6.45, 7) is 7.69. The first-order valence-corrected chi connectivity index (χ1v) is 6.84. The van der Waals surface area contributed by atoms with Gasteiger partial charge in [0.1, 0.15) is 11.6 Å². The fourth-order valence-corrected chi connectivity index (χ4v) is 1.90. The summed E-state index contributed by atoms with van der Waals surface area (Å²) in [4.78, 5) is 18.2. The normalized spacial score (nSPS) is 10.2. The highest BCUT2D eigenvalue weighted by atomic mass is 16.5. The van der Waals surface area contributed by atoms with Gasteiger partial charge in [-0.2, -0.15) is 0 Å². The largest absolute Gasteiger partial charge is 0.360 e. The maximum Gasteiger partial charge on any atom is 0.324 e. The van der Waals surface area contributed by atoms with E-state index in [4.69, 9.17) is 4.52 Å². The van der Waals surface area contributed by atoms with Crippen molar-refractivity contribution in [1.82, 2.24) is 10.1 Å². The van der Waals surface area contributed by atoms with Crippen LogP contribution in [0.4, 0.5) is 22.1 Å². The minimum atomic E-state index is -0.388. The third-order valence-electron chi connectivity index (χ3n) is 2.96. The monoisotopic (exact) mass is 289 g/mol. The Labute approximate surface area is 123 Å². The average Bonchev–Trinajstić information content (AvgIpc) is 2.87. The minimum absolute atomic E-state index is 0.373. The number of aromatic nitrogens is 2. The van der Waals surface area contributed by atoms with E-state index >= 15 is 0 Å². The van der Waals surface area contributed by atoms with Gasteiger partial charge in [-0.25, -0.2) is 9.78 Å². The Bertz CT molecular complexity index is 590. The summed E-state index contributed by atoms with van der Waals surface area (Å²) in [6, 6.07) is 4.94. The molecule has 2 N–H and O–H groups in total. The second-order valence-corrected chi connectivity index (χ2v) is 4.48. The highest BCUT2D eigenvalue weighted by Gasteiger charge is 2.07. The molecule has 0 aromatic carbocycles. The van der Waals surface area contributed by atoms with Gasteiger partial charge in [-0.15, -0.1) is 0 Å². The summed E-state index contributed by atoms with van der Waals surface area (Å²) in [5, 5.41) is 8.95. The zero-order chi connectivity index (χ0) is 15.2. The smallest absolute Gasteiger partial charge is 0.324 e. The number of pyridine rings is 1. The highest BCUT2D eigenvalue weighted by Crippen LogP contribution is 2.14. The molecule has 0 aliphatic carbocycles. The molecule has 2 aromatic heterocycles. The van der Waals surface area contributed by atoms with E-state index in [1.54, 1.807) is 19.2 Å². The van der Waals surface area contributed by atoms with Crippen molar-refractivity contribution in [3.63, 3.8) is 0 Å². The first-order valence-electron chi connectivity index (χ1n) is 6.84. The SMILES string of the molecule is CCN(CC)c1ccc(NC(=O)Nc2cc(C)on2)cn1. The zero-order valence-electron chi connectivity index (χ0n) is 12.4. The van der Waals surface area contributed by atoms with Gasteiger partial charge in [0.2, 0.25) is 0 Å². The third kappa shape index (κ3) is 3.95. The Kier molecular flexibility index (Phi) is 4.76. The predicted molar refractivity (Wildman–Crippen MR) is 81.7 cm³/mol. The molecule has 0 aliphatic heterocycles. The van der Waals surface area contributed by atoms with Crippen molar-refractivity contribution in [3.8, 4) is 0 Å². The molecule has 2 amide bonds. The first-order chi connectivity index (χ1) is 10.1. The molecule has 0 saturated heterocycles. The lowest BCUT2D eigenvalue weighted by Gasteiger charge is -2.19. The first kappa shape index (κ1) is 14.8. The lowest BCUT2D eigenvalue weighted by atomic mass is 10.3. The van der Waals surface area contributed by atoms with Crippen LogP contribution < -0.4 is 15.5 Å². The number of nitrogens with one attached hydrogen (secondary N) is 2. The van der Waals surface area contributed by atoms with Crippen molar-refractivity contribution in [3.05, 3.63) is 30.2 Å². The number of nitrogens with zero attached hydrogens (tertiary/aromatic N) is 3. The van der Waals surface area contributed by atoms with Gasteiger partial charge in [0.15, 0.2) is 5.82 Å². The lowest BCUT2D eigenvalue weighted by Crippen LogP contribution is -2.23. The molecule has 0 fully saturated rings. The topological polar surface area (TPSA) is 83.3 Å². The van der Waals surface area contributed by atoms with Gasteiger partial charge in [0.05, 0.1) is 11.9 Å². The molecule has 2 aromatic rings. The van der Waals surface area contributed by atoms with Gasteiger partial charge >= 0.3 is 6.03 Å². The van der Waals surface area contributed by atoms with Gasteiger partial charge in [-0.3, -0.25) is 5.32 Å². The van der Waals surface area contributed by atoms with Crippen LogP contribution in [0.5, 0.6) is 0 Å². The molecule has 112 valence electrons. The number of hydrogen-bond acceptors (Lipinski definition) is 5. The number of carbonyl (C=O) groups is 1. The molecule has 2 rings (SSSR count). The summed E-state index contributed by atoms with van der Waals surface area (Å²) in [5.74, 6) is 1.89. The van der Waals surface area contributed by atoms with Crippen LogP contribution in [-0.2, 0) is 0 Å². The van der Waals surface area contributed by atoms with E-state index in [0.717, 1.165) is 18.9 Å². The Morgan fingerprint density at radius 3 is 2.57 bits per heavy atom. The van der Waals surface area contributed by atoms with E-state index in [1.165, 1.54) is 0 Å². The maximum atomic E-state index is 11.8. The number of carbonyl (C=O) groups excluding carboxylic acids is 1. The van der Waals surface area contributed by atoms with Crippen LogP contribution >= 0.6 is 0 Å². The van der Waals surface area contributed by atoms with Crippen LogP contribution in [-0.4, -0.2) is 29.3 Å². The lowest BCUT2D eigenvalue weighted by molar-refractivity contribution is 0.262. The van der Waals surface area contributed by atoms with E-state index in [0.29, 0.717) is 17.3 Å². The van der Waals surface area contributed by atoms with Crippen molar-refractivity contribution < 1.29 is 9.32 Å². The summed E-state index contributed by atoms with van der Waals surface area (Å²) < 4.78 is 4.87. The third-order valence-corrected chi connectivity index (χ3v) is 2.96. The number of aryl methyl sites for hydroxylation is 1. The van der Waals surface area contributed by atoms with Crippen LogP contribution in [0.25, 0.3) is 0 Å². The Morgan fingerprint density at radius 2 is 2.05 bits per heavy atom. The fraction of sp³-hybridized carbons (Fsp3) is 0.357. The maximum absolute atomic E-state index is 11.8. The fourth-order valence-electron chi connectivity index (χ4n) is 1.90. The molecule has 7 heteroatoms. The molecule has 0 radical (unpaired) electrons. The van der Waals surface area contributed by atoms with E-state index in [1.807, 2.05) is 12.1 Å². The summed E-state index contributed by atoms with van der Waals surface area (Å²) >= 11 is 0. The highest BCUT2D eigenvalue weighted by molar-refractivity contribution is 5.99. The van der Waals surface area contributed by atoms with Crippen molar-refractivity contribution in [2.45, 2.75) is 20.8 Å². The number of amides is 2. The van der Waals surface area contributed by atoms with Gasteiger partial charge in [0, 0.05) is 19.2 Å². The molecule has 21 heavy (non-hydrogen) atoms. The molecule has 2 heterocycles. The Balaban J connectivity index is 1.95. The Morgan fingerprint density at radius 1 is 1.29 bits per heavy atom. The van der Waals surface area contributed by atoms with Crippen LogP contribution in [0.2, 0.25) is 0 Å². The second kappa shape index (κ2) is 6.74. The van der Waals surface area contributed by atoms with E-state index < -0.39 is 0 Å². The quantitative estimate of drug-likeness (QED) is 0.884. The molecule has 0 spiro atoms. The van der Waals surface area contributed by atoms with Crippen molar-refractivity contribution >= 4 is 23.4 Å². The Hall–Kier alpha value is -2.57. The number of urea groups is 1. The molecule has 0 unspecified atom stereocenters. The molecule has 0 aliphatic rings. The average molecular weight is 289 g/mol. The molecule has 7 nitrogen and oxygen atoms in total. The van der Waals surface area contributed by atoms with Crippen molar-refractivity contribution in [2.24, 2.45) is 0 Å². The zero-order valence-corrected chi connectivity index (χ0v) is 12.4. The molecule has 0 bridgehead atoms. The van der Waals surface area contributed by atoms with Crippen LogP contribution in [0.1, 0.15) is 19.6 Å². The van der Waals surface area contributed by atoms with Gasteiger partial charge in [-0.1, -0.05) is 5.16 Å².